The lowest BCUT2D eigenvalue weighted by Gasteiger charge is -2.18. The fourth-order valence-electron chi connectivity index (χ4n) is 2.01. The zero-order valence-corrected chi connectivity index (χ0v) is 15.6. The van der Waals surface area contributed by atoms with Gasteiger partial charge in [-0.1, -0.05) is 6.07 Å². The van der Waals surface area contributed by atoms with Crippen LogP contribution >= 0.6 is 15.9 Å². The number of ether oxygens (including phenoxy) is 1. The molecule has 2 N–H and O–H groups in total. The number of nitrogens with zero attached hydrogens (tertiary/aromatic N) is 2. The highest BCUT2D eigenvalue weighted by Crippen LogP contribution is 2.16. The minimum atomic E-state index is -0.259. The van der Waals surface area contributed by atoms with E-state index in [9.17, 15) is 4.39 Å². The first-order chi connectivity index (χ1) is 11.1. The van der Waals surface area contributed by atoms with E-state index >= 15 is 0 Å². The van der Waals surface area contributed by atoms with Crippen molar-refractivity contribution in [3.8, 4) is 0 Å². The first-order valence-electron chi connectivity index (χ1n) is 7.62. The molecule has 0 saturated carbocycles. The fourth-order valence-corrected chi connectivity index (χ4v) is 2.26. The smallest absolute Gasteiger partial charge is 0.191 e. The van der Waals surface area contributed by atoms with Crippen LogP contribution in [-0.2, 0) is 11.3 Å². The van der Waals surface area contributed by atoms with Crippen LogP contribution in [0.15, 0.2) is 27.7 Å². The van der Waals surface area contributed by atoms with Crippen molar-refractivity contribution in [2.75, 3.05) is 47.4 Å². The molecule has 0 bridgehead atoms. The Labute approximate surface area is 146 Å². The number of likely N-dealkylation sites (N-methyl/N-ethyl adjacent to an activating group) is 1. The molecule has 0 saturated heterocycles. The standard InChI is InChI=1S/C16H26BrFN4O/c1-19-16(20-7-9-22(2)8-4-10-23-3)21-12-13-5-6-14(17)15(18)11-13/h5-6,11H,4,7-10,12H2,1-3H3,(H2,19,20,21). The van der Waals surface area contributed by atoms with Crippen LogP contribution in [0.5, 0.6) is 0 Å². The van der Waals surface area contributed by atoms with Gasteiger partial charge in [-0.25, -0.2) is 4.39 Å². The highest BCUT2D eigenvalue weighted by atomic mass is 79.9. The van der Waals surface area contributed by atoms with Crippen LogP contribution in [0.1, 0.15) is 12.0 Å². The number of guanidine groups is 1. The molecule has 5 nitrogen and oxygen atoms in total. The van der Waals surface area contributed by atoms with E-state index in [1.807, 2.05) is 6.07 Å². The van der Waals surface area contributed by atoms with Crippen molar-refractivity contribution in [1.82, 2.24) is 15.5 Å². The van der Waals surface area contributed by atoms with Crippen LogP contribution in [0.3, 0.4) is 0 Å². The summed E-state index contributed by atoms with van der Waals surface area (Å²) in [6.45, 7) is 4.01. The molecule has 0 unspecified atom stereocenters. The molecule has 7 heteroatoms. The molecule has 0 spiro atoms. The van der Waals surface area contributed by atoms with Crippen molar-refractivity contribution in [2.45, 2.75) is 13.0 Å². The summed E-state index contributed by atoms with van der Waals surface area (Å²) in [6.07, 6.45) is 1.02. The predicted molar refractivity (Wildman–Crippen MR) is 96.3 cm³/mol. The Kier molecular flexibility index (Phi) is 9.82. The third kappa shape index (κ3) is 8.29. The quantitative estimate of drug-likeness (QED) is 0.386. The normalized spacial score (nSPS) is 11.8. The van der Waals surface area contributed by atoms with Crippen molar-refractivity contribution in [2.24, 2.45) is 4.99 Å². The van der Waals surface area contributed by atoms with E-state index in [4.69, 9.17) is 4.74 Å². The predicted octanol–water partition coefficient (Wildman–Crippen LogP) is 2.22. The van der Waals surface area contributed by atoms with Gasteiger partial charge in [-0.3, -0.25) is 4.99 Å². The second-order valence-electron chi connectivity index (χ2n) is 5.25. The van der Waals surface area contributed by atoms with Gasteiger partial charge in [0.2, 0.25) is 0 Å². The number of nitrogens with one attached hydrogen (secondary N) is 2. The topological polar surface area (TPSA) is 48.9 Å². The van der Waals surface area contributed by atoms with Crippen LogP contribution in [0.4, 0.5) is 4.39 Å². The maximum Gasteiger partial charge on any atom is 0.191 e. The van der Waals surface area contributed by atoms with Gasteiger partial charge >= 0.3 is 0 Å². The average molecular weight is 389 g/mol. The minimum Gasteiger partial charge on any atom is -0.385 e. The second kappa shape index (κ2) is 11.4. The third-order valence-corrected chi connectivity index (χ3v) is 3.98. The largest absolute Gasteiger partial charge is 0.385 e. The van der Waals surface area contributed by atoms with Gasteiger partial charge in [0.1, 0.15) is 5.82 Å². The van der Waals surface area contributed by atoms with Gasteiger partial charge in [-0.2, -0.15) is 0 Å². The van der Waals surface area contributed by atoms with Gasteiger partial charge in [-0.15, -0.1) is 0 Å². The van der Waals surface area contributed by atoms with E-state index < -0.39 is 0 Å². The Hall–Kier alpha value is -1.18. The van der Waals surface area contributed by atoms with E-state index in [1.54, 1.807) is 20.2 Å². The lowest BCUT2D eigenvalue weighted by molar-refractivity contribution is 0.180. The summed E-state index contributed by atoms with van der Waals surface area (Å²) in [5.41, 5.74) is 0.866. The number of benzene rings is 1. The van der Waals surface area contributed by atoms with Crippen molar-refractivity contribution in [3.63, 3.8) is 0 Å². The SMILES string of the molecule is CN=C(NCCN(C)CCCOC)NCc1ccc(Br)c(F)c1. The molecule has 23 heavy (non-hydrogen) atoms. The Morgan fingerprint density at radius 2 is 2.13 bits per heavy atom. The molecule has 1 aromatic rings. The Bertz CT molecular complexity index is 499. The van der Waals surface area contributed by atoms with Gasteiger partial charge in [-0.05, 0) is 47.1 Å². The zero-order chi connectivity index (χ0) is 17.1. The van der Waals surface area contributed by atoms with E-state index in [1.165, 1.54) is 6.07 Å². The number of halogens is 2. The molecule has 130 valence electrons. The number of hydrogen-bond acceptors (Lipinski definition) is 3. The monoisotopic (exact) mass is 388 g/mol. The first-order valence-corrected chi connectivity index (χ1v) is 8.42. The molecule has 1 rings (SSSR count). The van der Waals surface area contributed by atoms with Gasteiger partial charge in [0.25, 0.3) is 0 Å². The van der Waals surface area contributed by atoms with Crippen molar-refractivity contribution < 1.29 is 9.13 Å². The number of rotatable bonds is 9. The molecule has 0 fully saturated rings. The van der Waals surface area contributed by atoms with Crippen molar-refractivity contribution in [1.29, 1.82) is 0 Å². The molecule has 0 amide bonds. The maximum atomic E-state index is 13.5. The Balaban J connectivity index is 2.28. The van der Waals surface area contributed by atoms with Gasteiger partial charge in [0, 0.05) is 46.9 Å². The summed E-state index contributed by atoms with van der Waals surface area (Å²) in [7, 11) is 5.52. The molecule has 0 aromatic heterocycles. The van der Waals surface area contributed by atoms with Crippen LogP contribution < -0.4 is 10.6 Å². The lowest BCUT2D eigenvalue weighted by atomic mass is 10.2. The van der Waals surface area contributed by atoms with Gasteiger partial charge < -0.3 is 20.3 Å². The van der Waals surface area contributed by atoms with Crippen LogP contribution in [0.2, 0.25) is 0 Å². The maximum absolute atomic E-state index is 13.5. The molecule has 0 heterocycles. The van der Waals surface area contributed by atoms with Crippen LogP contribution in [0.25, 0.3) is 0 Å². The van der Waals surface area contributed by atoms with E-state index in [0.717, 1.165) is 38.2 Å². The lowest BCUT2D eigenvalue weighted by Crippen LogP contribution is -2.40. The molecule has 0 aliphatic rings. The van der Waals surface area contributed by atoms with Gasteiger partial charge in [0.05, 0.1) is 4.47 Å². The minimum absolute atomic E-state index is 0.259. The summed E-state index contributed by atoms with van der Waals surface area (Å²) in [5, 5.41) is 6.43. The molecule has 0 aliphatic carbocycles. The van der Waals surface area contributed by atoms with Gasteiger partial charge in [0.15, 0.2) is 5.96 Å². The molecule has 0 atom stereocenters. The molecule has 0 radical (unpaired) electrons. The van der Waals surface area contributed by atoms with Crippen LogP contribution in [-0.4, -0.2) is 58.3 Å². The fraction of sp³-hybridized carbons (Fsp3) is 0.562. The third-order valence-electron chi connectivity index (χ3n) is 3.34. The average Bonchev–Trinajstić information content (AvgIpc) is 2.54. The summed E-state index contributed by atoms with van der Waals surface area (Å²) >= 11 is 3.15. The molecular weight excluding hydrogens is 363 g/mol. The number of methoxy groups -OCH3 is 1. The summed E-state index contributed by atoms with van der Waals surface area (Å²) < 4.78 is 19.0. The first kappa shape index (κ1) is 19.9. The van der Waals surface area contributed by atoms with Crippen molar-refractivity contribution in [3.05, 3.63) is 34.1 Å². The molecule has 0 aliphatic heterocycles. The molecule has 1 aromatic carbocycles. The Morgan fingerprint density at radius 1 is 1.35 bits per heavy atom. The zero-order valence-electron chi connectivity index (χ0n) is 14.0. The summed E-state index contributed by atoms with van der Waals surface area (Å²) in [6, 6.07) is 5.09. The van der Waals surface area contributed by atoms with E-state index in [2.05, 4.69) is 43.5 Å². The number of aliphatic imine (C=N–C) groups is 1. The summed E-state index contributed by atoms with van der Waals surface area (Å²) in [4.78, 5) is 6.41. The highest BCUT2D eigenvalue weighted by molar-refractivity contribution is 9.10. The van der Waals surface area contributed by atoms with Crippen molar-refractivity contribution >= 4 is 21.9 Å². The molecular formula is C16H26BrFN4O. The highest BCUT2D eigenvalue weighted by Gasteiger charge is 2.03. The van der Waals surface area contributed by atoms with E-state index in [0.29, 0.717) is 17.0 Å². The van der Waals surface area contributed by atoms with Crippen LogP contribution in [0, 0.1) is 5.82 Å². The second-order valence-corrected chi connectivity index (χ2v) is 6.10. The number of hydrogen-bond donors (Lipinski definition) is 2. The Morgan fingerprint density at radius 3 is 2.78 bits per heavy atom. The summed E-state index contributed by atoms with van der Waals surface area (Å²) in [5.74, 6) is 0.448. The van der Waals surface area contributed by atoms with E-state index in [-0.39, 0.29) is 5.82 Å².